The Morgan fingerprint density at radius 2 is 1.82 bits per heavy atom. The zero-order chi connectivity index (χ0) is 29.9. The number of amides is 2. The molecule has 40 heavy (non-hydrogen) atoms. The second kappa shape index (κ2) is 12.4. The van der Waals surface area contributed by atoms with Crippen molar-refractivity contribution in [3.05, 3.63) is 25.3 Å². The van der Waals surface area contributed by atoms with Gasteiger partial charge in [0.25, 0.3) is 0 Å². The molecule has 0 radical (unpaired) electrons. The van der Waals surface area contributed by atoms with Crippen LogP contribution in [0.3, 0.4) is 0 Å². The van der Waals surface area contributed by atoms with Gasteiger partial charge in [0, 0.05) is 25.2 Å². The van der Waals surface area contributed by atoms with Crippen LogP contribution in [0.15, 0.2) is 25.3 Å². The summed E-state index contributed by atoms with van der Waals surface area (Å²) in [4.78, 5) is 45.8. The van der Waals surface area contributed by atoms with Gasteiger partial charge in [0.05, 0.1) is 18.1 Å². The predicted molar refractivity (Wildman–Crippen MR) is 155 cm³/mol. The number of likely N-dealkylation sites (tertiary alicyclic amines) is 1. The lowest BCUT2D eigenvalue weighted by atomic mass is 9.66. The summed E-state index contributed by atoms with van der Waals surface area (Å²) < 4.78 is 12.4. The number of hydrogen-bond acceptors (Lipinski definition) is 6. The lowest BCUT2D eigenvalue weighted by molar-refractivity contribution is -0.161. The van der Waals surface area contributed by atoms with E-state index >= 15 is 0 Å². The third-order valence-electron chi connectivity index (χ3n) is 8.89. The number of rotatable bonds is 15. The fourth-order valence-electron chi connectivity index (χ4n) is 7.66. The van der Waals surface area contributed by atoms with Gasteiger partial charge in [0.15, 0.2) is 0 Å². The van der Waals surface area contributed by atoms with Crippen LogP contribution in [0.5, 0.6) is 0 Å². The summed E-state index contributed by atoms with van der Waals surface area (Å²) in [6.45, 7) is 21.0. The van der Waals surface area contributed by atoms with Crippen molar-refractivity contribution in [2.45, 2.75) is 116 Å². The molecule has 0 saturated carbocycles. The van der Waals surface area contributed by atoms with E-state index in [4.69, 9.17) is 9.47 Å². The number of fused-ring (bicyclic) bond motifs is 1. The van der Waals surface area contributed by atoms with E-state index in [0.717, 1.165) is 25.7 Å². The summed E-state index contributed by atoms with van der Waals surface area (Å²) in [6, 6.07) is -0.852. The van der Waals surface area contributed by atoms with Crippen LogP contribution in [0.2, 0.25) is 0 Å². The van der Waals surface area contributed by atoms with Gasteiger partial charge < -0.3 is 24.4 Å². The number of ether oxygens (including phenoxy) is 2. The summed E-state index contributed by atoms with van der Waals surface area (Å²) >= 11 is 0. The first-order valence-electron chi connectivity index (χ1n) is 15.0. The summed E-state index contributed by atoms with van der Waals surface area (Å²) in [6.07, 6.45) is 8.94. The second-order valence-electron chi connectivity index (χ2n) is 13.9. The Labute approximate surface area is 241 Å². The van der Waals surface area contributed by atoms with Crippen LogP contribution in [0.25, 0.3) is 0 Å². The van der Waals surface area contributed by atoms with Gasteiger partial charge in [0.2, 0.25) is 11.8 Å². The largest absolute Gasteiger partial charge is 0.465 e. The van der Waals surface area contributed by atoms with E-state index in [1.54, 1.807) is 11.0 Å². The Hall–Kier alpha value is -2.19. The number of carbonyl (C=O) groups excluding carboxylic acids is 3. The molecule has 1 N–H and O–H groups in total. The maximum absolute atomic E-state index is 14.7. The van der Waals surface area contributed by atoms with Crippen LogP contribution in [0.4, 0.5) is 0 Å². The van der Waals surface area contributed by atoms with E-state index in [1.165, 1.54) is 0 Å². The van der Waals surface area contributed by atoms with Gasteiger partial charge in [-0.05, 0) is 77.6 Å². The summed E-state index contributed by atoms with van der Waals surface area (Å²) in [7, 11) is 0. The first-order valence-corrected chi connectivity index (χ1v) is 15.0. The van der Waals surface area contributed by atoms with Gasteiger partial charge in [-0.3, -0.25) is 14.4 Å². The maximum Gasteiger partial charge on any atom is 0.312 e. The van der Waals surface area contributed by atoms with Crippen LogP contribution in [-0.4, -0.2) is 81.8 Å². The molecule has 2 amide bonds. The van der Waals surface area contributed by atoms with E-state index in [1.807, 2.05) is 17.9 Å². The van der Waals surface area contributed by atoms with E-state index in [9.17, 15) is 19.5 Å². The Bertz CT molecular complexity index is 971. The molecule has 3 rings (SSSR count). The molecule has 2 unspecified atom stereocenters. The molecule has 1 spiro atoms. The van der Waals surface area contributed by atoms with Crippen molar-refractivity contribution in [2.75, 3.05) is 26.3 Å². The number of esters is 1. The Morgan fingerprint density at radius 3 is 2.42 bits per heavy atom. The topological polar surface area (TPSA) is 96.4 Å². The van der Waals surface area contributed by atoms with Crippen molar-refractivity contribution in [1.29, 1.82) is 0 Å². The van der Waals surface area contributed by atoms with Crippen LogP contribution < -0.4 is 0 Å². The van der Waals surface area contributed by atoms with Gasteiger partial charge >= 0.3 is 5.97 Å². The van der Waals surface area contributed by atoms with Crippen molar-refractivity contribution >= 4 is 17.8 Å². The standard InChI is InChI=1S/C32H52N2O6/c1-9-11-12-15-21-39-28(38)24-23-26(36)33(19-13-14-20-35)25(32(23)17-16-31(24,8)40-32)27(37)34(18-10-2)30(6,7)22-29(3,4)5/h9-10,23-25,35H,1-2,11-22H2,3-8H3/t23-,24+,25?,31-,32?/m0/s1. The van der Waals surface area contributed by atoms with Gasteiger partial charge in [0.1, 0.15) is 17.6 Å². The number of aliphatic hydroxyl groups excluding tert-OH is 1. The van der Waals surface area contributed by atoms with Crippen molar-refractivity contribution in [1.82, 2.24) is 9.80 Å². The Morgan fingerprint density at radius 1 is 1.12 bits per heavy atom. The highest BCUT2D eigenvalue weighted by molar-refractivity contribution is 5.98. The minimum Gasteiger partial charge on any atom is -0.465 e. The van der Waals surface area contributed by atoms with Crippen molar-refractivity contribution in [2.24, 2.45) is 17.3 Å². The molecule has 3 saturated heterocycles. The highest BCUT2D eigenvalue weighted by atomic mass is 16.6. The van der Waals surface area contributed by atoms with E-state index in [-0.39, 0.29) is 30.4 Å². The molecular weight excluding hydrogens is 508 g/mol. The maximum atomic E-state index is 14.7. The number of unbranched alkanes of at least 4 members (excludes halogenated alkanes) is 3. The smallest absolute Gasteiger partial charge is 0.312 e. The molecule has 0 aromatic carbocycles. The molecule has 0 aliphatic carbocycles. The number of allylic oxidation sites excluding steroid dienone is 1. The molecule has 0 aromatic heterocycles. The zero-order valence-corrected chi connectivity index (χ0v) is 25.7. The molecule has 3 heterocycles. The fourth-order valence-corrected chi connectivity index (χ4v) is 7.66. The Kier molecular flexibility index (Phi) is 9.99. The van der Waals surface area contributed by atoms with Crippen LogP contribution in [0.1, 0.15) is 92.9 Å². The first-order chi connectivity index (χ1) is 18.7. The summed E-state index contributed by atoms with van der Waals surface area (Å²) in [5.74, 6) is -2.34. The van der Waals surface area contributed by atoms with Crippen LogP contribution in [0, 0.1) is 17.3 Å². The SMILES string of the molecule is C=CCCCCOC(=O)[C@H]1[C@H]2C(=O)N(CCCCO)C(C(=O)N(CC=C)C(C)(C)CC(C)(C)C)C23CC[C@]1(C)O3. The van der Waals surface area contributed by atoms with Gasteiger partial charge in [-0.15, -0.1) is 13.2 Å². The van der Waals surface area contributed by atoms with E-state index < -0.39 is 40.6 Å². The molecule has 3 aliphatic heterocycles. The number of nitrogens with zero attached hydrogens (tertiary/aromatic N) is 2. The van der Waals surface area contributed by atoms with Crippen LogP contribution >= 0.6 is 0 Å². The lowest BCUT2D eigenvalue weighted by Gasteiger charge is -2.45. The molecule has 3 fully saturated rings. The van der Waals surface area contributed by atoms with Gasteiger partial charge in [-0.25, -0.2) is 0 Å². The molecule has 2 bridgehead atoms. The monoisotopic (exact) mass is 560 g/mol. The normalized spacial score (nSPS) is 29.4. The molecule has 226 valence electrons. The van der Waals surface area contributed by atoms with Crippen molar-refractivity contribution in [3.8, 4) is 0 Å². The highest BCUT2D eigenvalue weighted by Crippen LogP contribution is 2.63. The molecule has 8 heteroatoms. The van der Waals surface area contributed by atoms with E-state index in [0.29, 0.717) is 38.8 Å². The zero-order valence-electron chi connectivity index (χ0n) is 25.7. The number of carbonyl (C=O) groups is 3. The average molecular weight is 561 g/mol. The minimum absolute atomic E-state index is 0.00575. The second-order valence-corrected chi connectivity index (χ2v) is 13.9. The average Bonchev–Trinajstić information content (AvgIpc) is 3.41. The predicted octanol–water partition coefficient (Wildman–Crippen LogP) is 4.65. The lowest BCUT2D eigenvalue weighted by Crippen LogP contribution is -2.61. The van der Waals surface area contributed by atoms with Gasteiger partial charge in [-0.2, -0.15) is 0 Å². The van der Waals surface area contributed by atoms with Gasteiger partial charge in [-0.1, -0.05) is 32.9 Å². The highest BCUT2D eigenvalue weighted by Gasteiger charge is 2.78. The number of hydrogen-bond donors (Lipinski definition) is 1. The fraction of sp³-hybridized carbons (Fsp3) is 0.781. The van der Waals surface area contributed by atoms with E-state index in [2.05, 4.69) is 47.8 Å². The molecule has 3 aliphatic rings. The summed E-state index contributed by atoms with van der Waals surface area (Å²) in [5.41, 5.74) is -2.50. The number of aliphatic hydroxyl groups is 1. The minimum atomic E-state index is -1.09. The first kappa shape index (κ1) is 32.3. The third-order valence-corrected chi connectivity index (χ3v) is 8.89. The molecular formula is C32H52N2O6. The van der Waals surface area contributed by atoms with Crippen molar-refractivity contribution in [3.63, 3.8) is 0 Å². The Balaban J connectivity index is 1.99. The molecule has 0 aromatic rings. The van der Waals surface area contributed by atoms with Crippen molar-refractivity contribution < 1.29 is 29.0 Å². The summed E-state index contributed by atoms with van der Waals surface area (Å²) in [5, 5.41) is 9.42. The molecule has 8 nitrogen and oxygen atoms in total. The molecule has 5 atom stereocenters. The quantitative estimate of drug-likeness (QED) is 0.178. The third kappa shape index (κ3) is 6.18. The van der Waals surface area contributed by atoms with Crippen LogP contribution in [-0.2, 0) is 23.9 Å².